The summed E-state index contributed by atoms with van der Waals surface area (Å²) < 4.78 is 5.24. The molecule has 0 fully saturated rings. The lowest BCUT2D eigenvalue weighted by atomic mass is 10.5. The Kier molecular flexibility index (Phi) is 3.86. The Bertz CT molecular complexity index is 269. The fourth-order valence-electron chi connectivity index (χ4n) is 0.791. The number of nitrogens with zero attached hydrogens (tertiary/aromatic N) is 3. The monoisotopic (exact) mass is 198 g/mol. The maximum absolute atomic E-state index is 5.24. The minimum Gasteiger partial charge on any atom is -0.463 e. The van der Waals surface area contributed by atoms with Crippen LogP contribution in [0.25, 0.3) is 0 Å². The maximum atomic E-state index is 5.24. The van der Waals surface area contributed by atoms with Crippen LogP contribution in [0.1, 0.15) is 13.3 Å². The fourth-order valence-corrected chi connectivity index (χ4v) is 0.791. The molecule has 0 amide bonds. The van der Waals surface area contributed by atoms with Gasteiger partial charge in [0.05, 0.1) is 6.61 Å². The normalized spacial score (nSPS) is 9.64. The largest absolute Gasteiger partial charge is 0.463 e. The van der Waals surface area contributed by atoms with E-state index in [9.17, 15) is 0 Å². The molecule has 0 aromatic carbocycles. The molecule has 0 saturated carbocycles. The summed E-state index contributed by atoms with van der Waals surface area (Å²) in [4.78, 5) is 11.8. The Hall–Kier alpha value is -1.63. The van der Waals surface area contributed by atoms with Crippen molar-refractivity contribution in [1.82, 2.24) is 15.0 Å². The molecule has 0 atom stereocenters. The van der Waals surface area contributed by atoms with Crippen LogP contribution < -0.4 is 21.3 Å². The lowest BCUT2D eigenvalue weighted by molar-refractivity contribution is 0.292. The van der Waals surface area contributed by atoms with Crippen LogP contribution in [-0.4, -0.2) is 28.6 Å². The van der Waals surface area contributed by atoms with Gasteiger partial charge in [0.15, 0.2) is 0 Å². The standard InChI is InChI=1S/C7H14N6O/c1-3-4-14-7-11-5(9-2)10-6(12-7)13-8/h3-4,8H2,1-2H3,(H2,9,10,11,12,13). The van der Waals surface area contributed by atoms with Gasteiger partial charge in [0.1, 0.15) is 0 Å². The molecule has 0 saturated heterocycles. The van der Waals surface area contributed by atoms with E-state index in [-0.39, 0.29) is 12.0 Å². The molecule has 78 valence electrons. The molecule has 7 nitrogen and oxygen atoms in total. The molecule has 0 unspecified atom stereocenters. The molecule has 1 aromatic heterocycles. The number of aromatic nitrogens is 3. The molecule has 0 aliphatic rings. The van der Waals surface area contributed by atoms with Crippen LogP contribution in [0.15, 0.2) is 0 Å². The highest BCUT2D eigenvalue weighted by atomic mass is 16.5. The number of anilines is 2. The zero-order valence-electron chi connectivity index (χ0n) is 8.24. The van der Waals surface area contributed by atoms with E-state index in [0.717, 1.165) is 6.42 Å². The number of rotatable bonds is 5. The summed E-state index contributed by atoms with van der Waals surface area (Å²) in [6.45, 7) is 2.57. The van der Waals surface area contributed by atoms with E-state index in [2.05, 4.69) is 25.7 Å². The first kappa shape index (κ1) is 10.5. The summed E-state index contributed by atoms with van der Waals surface area (Å²) in [6, 6.07) is 0.263. The van der Waals surface area contributed by atoms with E-state index in [0.29, 0.717) is 12.6 Å². The fraction of sp³-hybridized carbons (Fsp3) is 0.571. The third-order valence-corrected chi connectivity index (χ3v) is 1.40. The van der Waals surface area contributed by atoms with Crippen molar-refractivity contribution in [2.45, 2.75) is 13.3 Å². The molecule has 0 radical (unpaired) electrons. The van der Waals surface area contributed by atoms with Crippen molar-refractivity contribution in [2.24, 2.45) is 5.84 Å². The molecular weight excluding hydrogens is 184 g/mol. The summed E-state index contributed by atoms with van der Waals surface area (Å²) in [5.74, 6) is 5.87. The quantitative estimate of drug-likeness (QED) is 0.452. The van der Waals surface area contributed by atoms with Crippen molar-refractivity contribution >= 4 is 11.9 Å². The van der Waals surface area contributed by atoms with E-state index >= 15 is 0 Å². The zero-order valence-corrected chi connectivity index (χ0v) is 8.24. The molecule has 0 aliphatic carbocycles. The van der Waals surface area contributed by atoms with E-state index in [1.54, 1.807) is 7.05 Å². The predicted molar refractivity (Wildman–Crippen MR) is 53.0 cm³/mol. The Balaban J connectivity index is 2.81. The number of nitrogen functional groups attached to an aromatic ring is 1. The summed E-state index contributed by atoms with van der Waals surface area (Å²) >= 11 is 0. The van der Waals surface area contributed by atoms with Crippen molar-refractivity contribution in [3.05, 3.63) is 0 Å². The smallest absolute Gasteiger partial charge is 0.323 e. The van der Waals surface area contributed by atoms with Gasteiger partial charge in [-0.25, -0.2) is 5.84 Å². The van der Waals surface area contributed by atoms with Gasteiger partial charge in [0, 0.05) is 7.05 Å². The van der Waals surface area contributed by atoms with E-state index < -0.39 is 0 Å². The van der Waals surface area contributed by atoms with Gasteiger partial charge >= 0.3 is 6.01 Å². The molecule has 1 heterocycles. The van der Waals surface area contributed by atoms with Gasteiger partial charge in [0.2, 0.25) is 11.9 Å². The van der Waals surface area contributed by atoms with Gasteiger partial charge in [-0.2, -0.15) is 15.0 Å². The Morgan fingerprint density at radius 2 is 2.00 bits per heavy atom. The number of hydrazine groups is 1. The lowest BCUT2D eigenvalue weighted by Gasteiger charge is -2.06. The van der Waals surface area contributed by atoms with Crippen LogP contribution in [-0.2, 0) is 0 Å². The highest BCUT2D eigenvalue weighted by molar-refractivity contribution is 5.34. The molecule has 0 aliphatic heterocycles. The molecule has 14 heavy (non-hydrogen) atoms. The highest BCUT2D eigenvalue weighted by Gasteiger charge is 2.04. The second kappa shape index (κ2) is 5.18. The third-order valence-electron chi connectivity index (χ3n) is 1.40. The van der Waals surface area contributed by atoms with Crippen molar-refractivity contribution in [3.63, 3.8) is 0 Å². The van der Waals surface area contributed by atoms with Crippen LogP contribution in [0.3, 0.4) is 0 Å². The van der Waals surface area contributed by atoms with Gasteiger partial charge in [-0.3, -0.25) is 5.43 Å². The number of ether oxygens (including phenoxy) is 1. The number of hydrogen-bond acceptors (Lipinski definition) is 7. The van der Waals surface area contributed by atoms with E-state index in [4.69, 9.17) is 10.6 Å². The summed E-state index contributed by atoms with van der Waals surface area (Å²) in [7, 11) is 1.71. The van der Waals surface area contributed by atoms with Gasteiger partial charge in [-0.15, -0.1) is 0 Å². The first-order chi connectivity index (χ1) is 6.80. The van der Waals surface area contributed by atoms with Crippen molar-refractivity contribution in [2.75, 3.05) is 24.4 Å². The highest BCUT2D eigenvalue weighted by Crippen LogP contribution is 2.09. The lowest BCUT2D eigenvalue weighted by Crippen LogP contribution is -2.13. The molecule has 0 bridgehead atoms. The Morgan fingerprint density at radius 3 is 2.57 bits per heavy atom. The SMILES string of the molecule is CCCOc1nc(NC)nc(NN)n1. The van der Waals surface area contributed by atoms with Crippen molar-refractivity contribution in [1.29, 1.82) is 0 Å². The summed E-state index contributed by atoms with van der Waals surface area (Å²) in [5.41, 5.74) is 2.34. The number of nitrogens with one attached hydrogen (secondary N) is 2. The molecule has 1 rings (SSSR count). The zero-order chi connectivity index (χ0) is 10.4. The summed E-state index contributed by atoms with van der Waals surface area (Å²) in [6.07, 6.45) is 0.895. The molecular formula is C7H14N6O. The van der Waals surface area contributed by atoms with E-state index in [1.165, 1.54) is 0 Å². The second-order valence-electron chi connectivity index (χ2n) is 2.51. The van der Waals surface area contributed by atoms with Crippen LogP contribution >= 0.6 is 0 Å². The van der Waals surface area contributed by atoms with Gasteiger partial charge < -0.3 is 10.1 Å². The van der Waals surface area contributed by atoms with Crippen LogP contribution in [0.2, 0.25) is 0 Å². The van der Waals surface area contributed by atoms with Gasteiger partial charge in [-0.05, 0) is 6.42 Å². The maximum Gasteiger partial charge on any atom is 0.323 e. The topological polar surface area (TPSA) is 98.0 Å². The van der Waals surface area contributed by atoms with Crippen molar-refractivity contribution in [3.8, 4) is 6.01 Å². The van der Waals surface area contributed by atoms with Crippen LogP contribution in [0.5, 0.6) is 6.01 Å². The van der Waals surface area contributed by atoms with Crippen molar-refractivity contribution < 1.29 is 4.74 Å². The Labute approximate surface area is 82.1 Å². The van der Waals surface area contributed by atoms with Crippen LogP contribution in [0, 0.1) is 0 Å². The van der Waals surface area contributed by atoms with Gasteiger partial charge in [-0.1, -0.05) is 6.92 Å². The summed E-state index contributed by atoms with van der Waals surface area (Å²) in [5, 5.41) is 2.78. The van der Waals surface area contributed by atoms with Crippen LogP contribution in [0.4, 0.5) is 11.9 Å². The average molecular weight is 198 g/mol. The molecule has 0 spiro atoms. The minimum atomic E-state index is 0.263. The second-order valence-corrected chi connectivity index (χ2v) is 2.51. The Morgan fingerprint density at radius 1 is 1.29 bits per heavy atom. The molecule has 7 heteroatoms. The van der Waals surface area contributed by atoms with Gasteiger partial charge in [0.25, 0.3) is 0 Å². The van der Waals surface area contributed by atoms with E-state index in [1.807, 2.05) is 6.92 Å². The average Bonchev–Trinajstić information content (AvgIpc) is 2.25. The molecule has 4 N–H and O–H groups in total. The first-order valence-corrected chi connectivity index (χ1v) is 4.33. The number of hydrogen-bond donors (Lipinski definition) is 3. The third kappa shape index (κ3) is 2.70. The first-order valence-electron chi connectivity index (χ1n) is 4.33. The molecule has 1 aromatic rings. The number of nitrogens with two attached hydrogens (primary N) is 1. The minimum absolute atomic E-state index is 0.263. The predicted octanol–water partition coefficient (Wildman–Crippen LogP) is -0.0123.